The highest BCUT2D eigenvalue weighted by molar-refractivity contribution is 8.00. The zero-order chi connectivity index (χ0) is 23.1. The highest BCUT2D eigenvalue weighted by atomic mass is 32.2. The minimum Gasteiger partial charge on any atom is -0.493 e. The molecule has 0 heterocycles. The van der Waals surface area contributed by atoms with Gasteiger partial charge in [0.25, 0.3) is 5.91 Å². The molecule has 2 amide bonds. The number of hydrogen-bond acceptors (Lipinski definition) is 5. The molecule has 6 nitrogen and oxygen atoms in total. The van der Waals surface area contributed by atoms with Crippen molar-refractivity contribution in [2.75, 3.05) is 24.9 Å². The van der Waals surface area contributed by atoms with Gasteiger partial charge in [-0.15, -0.1) is 11.8 Å². The van der Waals surface area contributed by atoms with Crippen LogP contribution in [0.15, 0.2) is 71.6 Å². The number of ether oxygens (including phenoxy) is 2. The third-order valence-corrected chi connectivity index (χ3v) is 5.65. The second kappa shape index (κ2) is 10.7. The fraction of sp³-hybridized carbons (Fsp3) is 0.167. The molecule has 0 fully saturated rings. The number of carbonyl (C=O) groups excluding carboxylic acids is 2. The molecule has 0 aromatic heterocycles. The van der Waals surface area contributed by atoms with Gasteiger partial charge in [-0.1, -0.05) is 18.2 Å². The Hall–Kier alpha value is -3.52. The SMILES string of the molecule is COc1ccc(C(=O)Nc2cccc(SC(C)C(=O)Nc3ccccc3F)c2)cc1OC. The molecule has 3 aromatic carbocycles. The van der Waals surface area contributed by atoms with Gasteiger partial charge in [-0.25, -0.2) is 4.39 Å². The lowest BCUT2D eigenvalue weighted by atomic mass is 10.2. The number of rotatable bonds is 8. The van der Waals surface area contributed by atoms with Gasteiger partial charge in [0.05, 0.1) is 25.2 Å². The second-order valence-electron chi connectivity index (χ2n) is 6.78. The molecule has 166 valence electrons. The highest BCUT2D eigenvalue weighted by Gasteiger charge is 2.17. The number of methoxy groups -OCH3 is 2. The summed E-state index contributed by atoms with van der Waals surface area (Å²) in [5.41, 5.74) is 1.13. The molecule has 0 radical (unpaired) electrons. The van der Waals surface area contributed by atoms with Gasteiger partial charge in [0.15, 0.2) is 11.5 Å². The van der Waals surface area contributed by atoms with E-state index in [1.54, 1.807) is 55.5 Å². The van der Waals surface area contributed by atoms with Gasteiger partial charge in [-0.2, -0.15) is 0 Å². The molecule has 8 heteroatoms. The number of anilines is 2. The van der Waals surface area contributed by atoms with E-state index in [-0.39, 0.29) is 17.5 Å². The van der Waals surface area contributed by atoms with Gasteiger partial charge >= 0.3 is 0 Å². The van der Waals surface area contributed by atoms with Crippen molar-refractivity contribution in [2.45, 2.75) is 17.1 Å². The summed E-state index contributed by atoms with van der Waals surface area (Å²) in [5.74, 6) is -0.125. The molecule has 0 saturated heterocycles. The molecule has 1 atom stereocenters. The van der Waals surface area contributed by atoms with Crippen molar-refractivity contribution in [1.29, 1.82) is 0 Å². The molecule has 0 bridgehead atoms. The van der Waals surface area contributed by atoms with Crippen LogP contribution in [0.4, 0.5) is 15.8 Å². The van der Waals surface area contributed by atoms with Crippen molar-refractivity contribution >= 4 is 35.0 Å². The van der Waals surface area contributed by atoms with Crippen molar-refractivity contribution in [3.8, 4) is 11.5 Å². The summed E-state index contributed by atoms with van der Waals surface area (Å²) in [6.07, 6.45) is 0. The van der Waals surface area contributed by atoms with Gasteiger partial charge in [-0.05, 0) is 55.5 Å². The first-order chi connectivity index (χ1) is 15.4. The Morgan fingerprint density at radius 3 is 2.38 bits per heavy atom. The molecule has 0 aliphatic carbocycles. The second-order valence-corrected chi connectivity index (χ2v) is 8.20. The molecule has 0 saturated carbocycles. The monoisotopic (exact) mass is 454 g/mol. The smallest absolute Gasteiger partial charge is 0.255 e. The van der Waals surface area contributed by atoms with Crippen molar-refractivity contribution in [3.63, 3.8) is 0 Å². The topological polar surface area (TPSA) is 76.7 Å². The molecule has 3 aromatic rings. The minimum absolute atomic E-state index is 0.140. The van der Waals surface area contributed by atoms with Crippen LogP contribution < -0.4 is 20.1 Å². The molecule has 0 aliphatic rings. The third-order valence-electron chi connectivity index (χ3n) is 4.55. The maximum atomic E-state index is 13.8. The van der Waals surface area contributed by atoms with Crippen LogP contribution in [0.25, 0.3) is 0 Å². The van der Waals surface area contributed by atoms with Crippen LogP contribution in [0.1, 0.15) is 17.3 Å². The van der Waals surface area contributed by atoms with Crippen LogP contribution in [-0.2, 0) is 4.79 Å². The standard InChI is InChI=1S/C24H23FN2O4S/c1-15(23(28)27-20-10-5-4-9-19(20)25)32-18-8-6-7-17(14-18)26-24(29)16-11-12-21(30-2)22(13-16)31-3/h4-15H,1-3H3,(H,26,29)(H,27,28). The predicted molar refractivity (Wildman–Crippen MR) is 124 cm³/mol. The molecular formula is C24H23FN2O4S. The molecule has 1 unspecified atom stereocenters. The van der Waals surface area contributed by atoms with E-state index in [4.69, 9.17) is 9.47 Å². The number of halogens is 1. The largest absolute Gasteiger partial charge is 0.493 e. The van der Waals surface area contributed by atoms with Crippen molar-refractivity contribution in [2.24, 2.45) is 0 Å². The summed E-state index contributed by atoms with van der Waals surface area (Å²) in [5, 5.41) is 4.95. The summed E-state index contributed by atoms with van der Waals surface area (Å²) in [6.45, 7) is 1.73. The number of carbonyl (C=O) groups is 2. The minimum atomic E-state index is -0.488. The first kappa shape index (κ1) is 23.1. The van der Waals surface area contributed by atoms with Gasteiger partial charge < -0.3 is 20.1 Å². The van der Waals surface area contributed by atoms with Crippen LogP contribution in [0.3, 0.4) is 0 Å². The molecule has 2 N–H and O–H groups in total. The third kappa shape index (κ3) is 5.79. The van der Waals surface area contributed by atoms with E-state index >= 15 is 0 Å². The van der Waals surface area contributed by atoms with Crippen LogP contribution in [-0.4, -0.2) is 31.3 Å². The number of para-hydroxylation sites is 1. The predicted octanol–water partition coefficient (Wildman–Crippen LogP) is 5.21. The van der Waals surface area contributed by atoms with Crippen LogP contribution in [0, 0.1) is 5.82 Å². The van der Waals surface area contributed by atoms with E-state index in [1.807, 2.05) is 6.07 Å². The molecule has 32 heavy (non-hydrogen) atoms. The Morgan fingerprint density at radius 1 is 0.906 bits per heavy atom. The normalized spacial score (nSPS) is 11.4. The Kier molecular flexibility index (Phi) is 7.72. The number of nitrogens with one attached hydrogen (secondary N) is 2. The molecular weight excluding hydrogens is 431 g/mol. The van der Waals surface area contributed by atoms with Gasteiger partial charge in [0, 0.05) is 16.1 Å². The van der Waals surface area contributed by atoms with Crippen molar-refractivity contribution < 1.29 is 23.5 Å². The van der Waals surface area contributed by atoms with Crippen LogP contribution in [0.2, 0.25) is 0 Å². The van der Waals surface area contributed by atoms with E-state index in [0.29, 0.717) is 22.7 Å². The Bertz CT molecular complexity index is 1120. The lowest BCUT2D eigenvalue weighted by molar-refractivity contribution is -0.115. The fourth-order valence-corrected chi connectivity index (χ4v) is 3.81. The summed E-state index contributed by atoms with van der Waals surface area (Å²) in [6, 6.07) is 18.1. The van der Waals surface area contributed by atoms with Crippen LogP contribution >= 0.6 is 11.8 Å². The van der Waals surface area contributed by atoms with E-state index in [1.165, 1.54) is 38.1 Å². The van der Waals surface area contributed by atoms with Crippen molar-refractivity contribution in [1.82, 2.24) is 0 Å². The van der Waals surface area contributed by atoms with E-state index in [0.717, 1.165) is 4.90 Å². The van der Waals surface area contributed by atoms with Crippen LogP contribution in [0.5, 0.6) is 11.5 Å². The first-order valence-corrected chi connectivity index (χ1v) is 10.6. The van der Waals surface area contributed by atoms with Gasteiger partial charge in [0.2, 0.25) is 5.91 Å². The number of amides is 2. The van der Waals surface area contributed by atoms with E-state index < -0.39 is 11.1 Å². The Balaban J connectivity index is 1.65. The lowest BCUT2D eigenvalue weighted by Crippen LogP contribution is -2.22. The van der Waals surface area contributed by atoms with Crippen molar-refractivity contribution in [3.05, 3.63) is 78.1 Å². The summed E-state index contributed by atoms with van der Waals surface area (Å²) in [7, 11) is 3.03. The quantitative estimate of drug-likeness (QED) is 0.457. The highest BCUT2D eigenvalue weighted by Crippen LogP contribution is 2.29. The summed E-state index contributed by atoms with van der Waals surface area (Å²) >= 11 is 1.30. The van der Waals surface area contributed by atoms with E-state index in [2.05, 4.69) is 10.6 Å². The average Bonchev–Trinajstić information content (AvgIpc) is 2.80. The van der Waals surface area contributed by atoms with Gasteiger partial charge in [0.1, 0.15) is 5.82 Å². The van der Waals surface area contributed by atoms with Gasteiger partial charge in [-0.3, -0.25) is 9.59 Å². The molecule has 3 rings (SSSR count). The Labute approximate surface area is 190 Å². The molecule has 0 aliphatic heterocycles. The summed E-state index contributed by atoms with van der Waals surface area (Å²) in [4.78, 5) is 25.9. The number of thioether (sulfide) groups is 1. The zero-order valence-electron chi connectivity index (χ0n) is 17.8. The number of benzene rings is 3. The first-order valence-electron chi connectivity index (χ1n) is 9.76. The Morgan fingerprint density at radius 2 is 1.66 bits per heavy atom. The maximum Gasteiger partial charge on any atom is 0.255 e. The lowest BCUT2D eigenvalue weighted by Gasteiger charge is -2.14. The number of hydrogen-bond donors (Lipinski definition) is 2. The fourth-order valence-electron chi connectivity index (χ4n) is 2.88. The van der Waals surface area contributed by atoms with E-state index in [9.17, 15) is 14.0 Å². The summed E-state index contributed by atoms with van der Waals surface area (Å²) < 4.78 is 24.2. The zero-order valence-corrected chi connectivity index (χ0v) is 18.7. The average molecular weight is 455 g/mol. The maximum absolute atomic E-state index is 13.8. The molecule has 0 spiro atoms.